The van der Waals surface area contributed by atoms with E-state index < -0.39 is 5.97 Å². The Morgan fingerprint density at radius 2 is 2.21 bits per heavy atom. The Morgan fingerprint density at radius 1 is 1.47 bits per heavy atom. The molecular formula is C15H19NO3. The van der Waals surface area contributed by atoms with Gasteiger partial charge in [0.1, 0.15) is 5.75 Å². The van der Waals surface area contributed by atoms with Crippen LogP contribution >= 0.6 is 0 Å². The van der Waals surface area contributed by atoms with Crippen LogP contribution in [0.15, 0.2) is 18.2 Å². The van der Waals surface area contributed by atoms with Crippen molar-refractivity contribution in [3.63, 3.8) is 0 Å². The first-order valence-electron chi connectivity index (χ1n) is 6.49. The number of hydrogen-bond acceptors (Lipinski definition) is 2. The summed E-state index contributed by atoms with van der Waals surface area (Å²) in [6.07, 6.45) is 0.132. The summed E-state index contributed by atoms with van der Waals surface area (Å²) in [5, 5.41) is 10.0. The molecule has 0 aliphatic heterocycles. The van der Waals surface area contributed by atoms with E-state index in [1.807, 2.05) is 39.0 Å². The number of ether oxygens (including phenoxy) is 1. The third-order valence-electron chi connectivity index (χ3n) is 3.29. The second kappa shape index (κ2) is 5.34. The minimum absolute atomic E-state index is 0.0249. The van der Waals surface area contributed by atoms with Gasteiger partial charge in [0.25, 0.3) is 0 Å². The Morgan fingerprint density at radius 3 is 2.84 bits per heavy atom. The smallest absolute Gasteiger partial charge is 0.303 e. The van der Waals surface area contributed by atoms with Crippen LogP contribution < -0.4 is 4.74 Å². The number of benzene rings is 1. The van der Waals surface area contributed by atoms with E-state index in [0.29, 0.717) is 6.61 Å². The first-order chi connectivity index (χ1) is 9.02. The van der Waals surface area contributed by atoms with Crippen molar-refractivity contribution in [2.45, 2.75) is 33.1 Å². The fraction of sp³-hybridized carbons (Fsp3) is 0.400. The van der Waals surface area contributed by atoms with Gasteiger partial charge in [-0.05, 0) is 43.5 Å². The zero-order valence-corrected chi connectivity index (χ0v) is 11.5. The number of rotatable bonds is 5. The van der Waals surface area contributed by atoms with Crippen LogP contribution in [0, 0.1) is 6.92 Å². The minimum Gasteiger partial charge on any atom is -0.494 e. The number of fused-ring (bicyclic) bond motifs is 1. The molecule has 0 aliphatic rings. The summed E-state index contributed by atoms with van der Waals surface area (Å²) in [6, 6.07) is 5.88. The summed E-state index contributed by atoms with van der Waals surface area (Å²) in [4.78, 5) is 14.2. The molecule has 0 saturated heterocycles. The molecule has 1 unspecified atom stereocenters. The molecule has 1 atom stereocenters. The van der Waals surface area contributed by atoms with Gasteiger partial charge in [-0.15, -0.1) is 0 Å². The normalized spacial score (nSPS) is 12.6. The van der Waals surface area contributed by atoms with Gasteiger partial charge in [0.05, 0.1) is 13.0 Å². The van der Waals surface area contributed by atoms with Crippen molar-refractivity contribution in [3.8, 4) is 5.75 Å². The number of aliphatic carboxylic acids is 1. The highest BCUT2D eigenvalue weighted by molar-refractivity contribution is 5.87. The highest BCUT2D eigenvalue weighted by Crippen LogP contribution is 2.33. The molecule has 4 nitrogen and oxygen atoms in total. The SMILES string of the molecule is CCOc1ccc2[nH]c(C)c(C(C)CC(=O)O)c2c1. The summed E-state index contributed by atoms with van der Waals surface area (Å²) in [7, 11) is 0. The number of aromatic amines is 1. The first-order valence-corrected chi connectivity index (χ1v) is 6.49. The lowest BCUT2D eigenvalue weighted by atomic mass is 9.95. The van der Waals surface area contributed by atoms with Gasteiger partial charge in [0.2, 0.25) is 0 Å². The van der Waals surface area contributed by atoms with Gasteiger partial charge in [-0.2, -0.15) is 0 Å². The van der Waals surface area contributed by atoms with Gasteiger partial charge in [-0.3, -0.25) is 4.79 Å². The number of H-pyrrole nitrogens is 1. The molecule has 0 radical (unpaired) electrons. The molecule has 1 aromatic heterocycles. The molecule has 0 amide bonds. The van der Waals surface area contributed by atoms with Gasteiger partial charge >= 0.3 is 5.97 Å². The molecule has 19 heavy (non-hydrogen) atoms. The molecule has 0 bridgehead atoms. The quantitative estimate of drug-likeness (QED) is 0.866. The van der Waals surface area contributed by atoms with Crippen LogP contribution in [0.4, 0.5) is 0 Å². The average molecular weight is 261 g/mol. The van der Waals surface area contributed by atoms with Gasteiger partial charge in [0, 0.05) is 16.6 Å². The summed E-state index contributed by atoms with van der Waals surface area (Å²) < 4.78 is 5.51. The highest BCUT2D eigenvalue weighted by atomic mass is 16.5. The van der Waals surface area contributed by atoms with Gasteiger partial charge in [-0.1, -0.05) is 6.92 Å². The summed E-state index contributed by atoms with van der Waals surface area (Å²) in [5.41, 5.74) is 3.12. The van der Waals surface area contributed by atoms with Crippen LogP contribution in [0.2, 0.25) is 0 Å². The molecule has 0 spiro atoms. The third-order valence-corrected chi connectivity index (χ3v) is 3.29. The highest BCUT2D eigenvalue weighted by Gasteiger charge is 2.18. The number of nitrogens with one attached hydrogen (secondary N) is 1. The molecule has 0 fully saturated rings. The molecule has 2 rings (SSSR count). The summed E-state index contributed by atoms with van der Waals surface area (Å²) in [6.45, 7) is 6.49. The topological polar surface area (TPSA) is 62.3 Å². The van der Waals surface area contributed by atoms with Gasteiger partial charge < -0.3 is 14.8 Å². The Balaban J connectivity index is 2.48. The van der Waals surface area contributed by atoms with Gasteiger partial charge in [-0.25, -0.2) is 0 Å². The first kappa shape index (κ1) is 13.5. The zero-order valence-electron chi connectivity index (χ0n) is 11.5. The van der Waals surface area contributed by atoms with E-state index in [-0.39, 0.29) is 12.3 Å². The Hall–Kier alpha value is -1.97. The van der Waals surface area contributed by atoms with Crippen LogP contribution in [-0.2, 0) is 4.79 Å². The fourth-order valence-electron chi connectivity index (χ4n) is 2.58. The van der Waals surface area contributed by atoms with Crippen molar-refractivity contribution < 1.29 is 14.6 Å². The van der Waals surface area contributed by atoms with Crippen molar-refractivity contribution in [2.24, 2.45) is 0 Å². The molecule has 1 heterocycles. The Kier molecular flexibility index (Phi) is 3.79. The maximum Gasteiger partial charge on any atom is 0.303 e. The van der Waals surface area contributed by atoms with E-state index in [1.54, 1.807) is 0 Å². The minimum atomic E-state index is -0.776. The average Bonchev–Trinajstić information content (AvgIpc) is 2.64. The van der Waals surface area contributed by atoms with Crippen molar-refractivity contribution >= 4 is 16.9 Å². The third kappa shape index (κ3) is 2.72. The summed E-state index contributed by atoms with van der Waals surface area (Å²) in [5.74, 6) is 0.0168. The van der Waals surface area contributed by atoms with Crippen LogP contribution in [-0.4, -0.2) is 22.7 Å². The van der Waals surface area contributed by atoms with E-state index in [0.717, 1.165) is 27.9 Å². The van der Waals surface area contributed by atoms with Crippen LogP contribution in [0.1, 0.15) is 37.4 Å². The lowest BCUT2D eigenvalue weighted by molar-refractivity contribution is -0.137. The second-order valence-corrected chi connectivity index (χ2v) is 4.80. The second-order valence-electron chi connectivity index (χ2n) is 4.80. The van der Waals surface area contributed by atoms with Crippen LogP contribution in [0.5, 0.6) is 5.75 Å². The maximum absolute atomic E-state index is 10.9. The van der Waals surface area contributed by atoms with Crippen molar-refractivity contribution in [3.05, 3.63) is 29.5 Å². The number of aryl methyl sites for hydroxylation is 1. The largest absolute Gasteiger partial charge is 0.494 e. The molecule has 102 valence electrons. The van der Waals surface area contributed by atoms with E-state index in [2.05, 4.69) is 4.98 Å². The van der Waals surface area contributed by atoms with E-state index in [9.17, 15) is 4.79 Å². The predicted octanol–water partition coefficient (Wildman–Crippen LogP) is 3.45. The van der Waals surface area contributed by atoms with E-state index in [1.165, 1.54) is 0 Å². The number of carboxylic acids is 1. The standard InChI is InChI=1S/C15H19NO3/c1-4-19-11-5-6-13-12(8-11)15(10(3)16-13)9(2)7-14(17)18/h5-6,8-9,16H,4,7H2,1-3H3,(H,17,18). The van der Waals surface area contributed by atoms with Crippen LogP contribution in [0.25, 0.3) is 10.9 Å². The molecule has 2 N–H and O–H groups in total. The van der Waals surface area contributed by atoms with Crippen molar-refractivity contribution in [1.29, 1.82) is 0 Å². The van der Waals surface area contributed by atoms with Crippen LogP contribution in [0.3, 0.4) is 0 Å². The summed E-state index contributed by atoms with van der Waals surface area (Å²) >= 11 is 0. The lowest BCUT2D eigenvalue weighted by Gasteiger charge is -2.10. The molecular weight excluding hydrogens is 242 g/mol. The Labute approximate surface area is 112 Å². The molecule has 1 aromatic carbocycles. The van der Waals surface area contributed by atoms with Gasteiger partial charge in [0.15, 0.2) is 0 Å². The zero-order chi connectivity index (χ0) is 14.0. The fourth-order valence-corrected chi connectivity index (χ4v) is 2.58. The molecule has 2 aromatic rings. The molecule has 0 aliphatic carbocycles. The molecule has 4 heteroatoms. The van der Waals surface area contributed by atoms with Crippen molar-refractivity contribution in [1.82, 2.24) is 4.98 Å². The number of aromatic nitrogens is 1. The van der Waals surface area contributed by atoms with Crippen molar-refractivity contribution in [2.75, 3.05) is 6.61 Å². The Bertz CT molecular complexity index is 601. The van der Waals surface area contributed by atoms with E-state index >= 15 is 0 Å². The number of carboxylic acid groups (broad SMARTS) is 1. The maximum atomic E-state index is 10.9. The number of hydrogen-bond donors (Lipinski definition) is 2. The molecule has 0 saturated carbocycles. The predicted molar refractivity (Wildman–Crippen MR) is 74.9 cm³/mol. The van der Waals surface area contributed by atoms with E-state index in [4.69, 9.17) is 9.84 Å². The lowest BCUT2D eigenvalue weighted by Crippen LogP contribution is -2.03. The number of carbonyl (C=O) groups is 1. The monoisotopic (exact) mass is 261 g/mol.